The van der Waals surface area contributed by atoms with E-state index in [1.165, 1.54) is 44.9 Å². The first-order valence-electron chi connectivity index (χ1n) is 7.01. The Hall–Kier alpha value is -0.0800. The van der Waals surface area contributed by atoms with E-state index in [2.05, 4.69) is 19.2 Å². The number of rotatable bonds is 7. The number of hydrogen-bond acceptors (Lipinski definition) is 2. The zero-order valence-corrected chi connectivity index (χ0v) is 11.3. The number of ether oxygens (including phenoxy) is 1. The number of hydrogen-bond donors (Lipinski definition) is 1. The highest BCUT2D eigenvalue weighted by Gasteiger charge is 2.34. The lowest BCUT2D eigenvalue weighted by Crippen LogP contribution is -2.45. The molecule has 1 fully saturated rings. The van der Waals surface area contributed by atoms with Crippen LogP contribution in [0.4, 0.5) is 0 Å². The zero-order valence-electron chi connectivity index (χ0n) is 11.3. The molecule has 0 spiro atoms. The van der Waals surface area contributed by atoms with Gasteiger partial charge >= 0.3 is 0 Å². The van der Waals surface area contributed by atoms with Crippen LogP contribution in [0.15, 0.2) is 0 Å². The fourth-order valence-electron chi connectivity index (χ4n) is 2.92. The van der Waals surface area contributed by atoms with Gasteiger partial charge in [-0.15, -0.1) is 0 Å². The normalized spacial score (nSPS) is 30.6. The molecule has 0 bridgehead atoms. The fraction of sp³-hybridized carbons (Fsp3) is 1.00. The Labute approximate surface area is 101 Å². The lowest BCUT2D eigenvalue weighted by atomic mass is 9.78. The van der Waals surface area contributed by atoms with Crippen molar-refractivity contribution in [2.24, 2.45) is 5.92 Å². The van der Waals surface area contributed by atoms with Gasteiger partial charge in [0.1, 0.15) is 0 Å². The van der Waals surface area contributed by atoms with Crippen LogP contribution >= 0.6 is 0 Å². The molecule has 2 unspecified atom stereocenters. The summed E-state index contributed by atoms with van der Waals surface area (Å²) in [5.41, 5.74) is 0.139. The van der Waals surface area contributed by atoms with Crippen molar-refractivity contribution in [3.63, 3.8) is 0 Å². The van der Waals surface area contributed by atoms with Gasteiger partial charge in [0.2, 0.25) is 0 Å². The zero-order chi connectivity index (χ0) is 11.9. The Balaban J connectivity index is 2.38. The average Bonchev–Trinajstić information content (AvgIpc) is 2.25. The first-order valence-corrected chi connectivity index (χ1v) is 7.01. The van der Waals surface area contributed by atoms with E-state index in [0.717, 1.165) is 19.1 Å². The largest absolute Gasteiger partial charge is 0.374 e. The molecule has 1 aliphatic rings. The minimum Gasteiger partial charge on any atom is -0.374 e. The molecular weight excluding hydrogens is 198 g/mol. The highest BCUT2D eigenvalue weighted by atomic mass is 16.5. The average molecular weight is 227 g/mol. The van der Waals surface area contributed by atoms with Crippen molar-refractivity contribution < 1.29 is 4.74 Å². The maximum atomic E-state index is 6.22. The molecule has 0 amide bonds. The van der Waals surface area contributed by atoms with Gasteiger partial charge in [0.25, 0.3) is 0 Å². The summed E-state index contributed by atoms with van der Waals surface area (Å²) >= 11 is 0. The fourth-order valence-corrected chi connectivity index (χ4v) is 2.92. The summed E-state index contributed by atoms with van der Waals surface area (Å²) in [4.78, 5) is 0. The highest BCUT2D eigenvalue weighted by molar-refractivity contribution is 4.88. The molecule has 1 aliphatic carbocycles. The molecule has 2 heteroatoms. The van der Waals surface area contributed by atoms with Gasteiger partial charge in [-0.1, -0.05) is 39.5 Å². The first kappa shape index (κ1) is 14.0. The summed E-state index contributed by atoms with van der Waals surface area (Å²) in [6.45, 7) is 6.57. The van der Waals surface area contributed by atoms with E-state index in [9.17, 15) is 0 Å². The third-order valence-corrected chi connectivity index (χ3v) is 3.70. The molecule has 0 aliphatic heterocycles. The van der Waals surface area contributed by atoms with Crippen LogP contribution in [0.25, 0.3) is 0 Å². The minimum absolute atomic E-state index is 0.139. The Morgan fingerprint density at radius 3 is 2.81 bits per heavy atom. The minimum atomic E-state index is 0.139. The smallest absolute Gasteiger partial charge is 0.0808 e. The Morgan fingerprint density at radius 1 is 1.38 bits per heavy atom. The van der Waals surface area contributed by atoms with Gasteiger partial charge in [0.05, 0.1) is 5.60 Å². The van der Waals surface area contributed by atoms with Gasteiger partial charge in [-0.2, -0.15) is 0 Å². The molecule has 0 aromatic heterocycles. The van der Waals surface area contributed by atoms with Crippen LogP contribution in [-0.4, -0.2) is 25.8 Å². The lowest BCUT2D eigenvalue weighted by molar-refractivity contribution is -0.0794. The SMILES string of the molecule is CCCCCOC1(CNC)CCCC(C)C1. The van der Waals surface area contributed by atoms with E-state index in [1.807, 2.05) is 7.05 Å². The lowest BCUT2D eigenvalue weighted by Gasteiger charge is -2.40. The van der Waals surface area contributed by atoms with Gasteiger partial charge in [-0.25, -0.2) is 0 Å². The second-order valence-corrected chi connectivity index (χ2v) is 5.47. The van der Waals surface area contributed by atoms with Gasteiger partial charge < -0.3 is 10.1 Å². The van der Waals surface area contributed by atoms with Crippen molar-refractivity contribution in [1.29, 1.82) is 0 Å². The molecule has 2 atom stereocenters. The molecule has 16 heavy (non-hydrogen) atoms. The van der Waals surface area contributed by atoms with Crippen LogP contribution in [0.1, 0.15) is 58.8 Å². The van der Waals surface area contributed by atoms with Crippen molar-refractivity contribution in [1.82, 2.24) is 5.32 Å². The summed E-state index contributed by atoms with van der Waals surface area (Å²) in [6, 6.07) is 0. The molecule has 0 heterocycles. The summed E-state index contributed by atoms with van der Waals surface area (Å²) < 4.78 is 6.22. The third kappa shape index (κ3) is 4.42. The predicted octanol–water partition coefficient (Wildman–Crippen LogP) is 3.36. The number of unbranched alkanes of at least 4 members (excludes halogenated alkanes) is 2. The van der Waals surface area contributed by atoms with Gasteiger partial charge in [0, 0.05) is 13.2 Å². The van der Waals surface area contributed by atoms with Crippen molar-refractivity contribution in [2.45, 2.75) is 64.4 Å². The van der Waals surface area contributed by atoms with Crippen LogP contribution in [0.3, 0.4) is 0 Å². The number of likely N-dealkylation sites (N-methyl/N-ethyl adjacent to an activating group) is 1. The van der Waals surface area contributed by atoms with Gasteiger partial charge in [0.15, 0.2) is 0 Å². The Morgan fingerprint density at radius 2 is 2.19 bits per heavy atom. The molecule has 2 nitrogen and oxygen atoms in total. The molecule has 96 valence electrons. The van der Waals surface area contributed by atoms with Crippen molar-refractivity contribution in [3.05, 3.63) is 0 Å². The molecule has 0 radical (unpaired) electrons. The van der Waals surface area contributed by atoms with E-state index in [1.54, 1.807) is 0 Å². The topological polar surface area (TPSA) is 21.3 Å². The molecule has 1 N–H and O–H groups in total. The number of nitrogens with one attached hydrogen (secondary N) is 1. The molecule has 0 aromatic rings. The van der Waals surface area contributed by atoms with Gasteiger partial charge in [-0.05, 0) is 32.2 Å². The van der Waals surface area contributed by atoms with E-state index < -0.39 is 0 Å². The van der Waals surface area contributed by atoms with Crippen molar-refractivity contribution in [2.75, 3.05) is 20.2 Å². The second kappa shape index (κ2) is 7.29. The maximum absolute atomic E-state index is 6.22. The van der Waals surface area contributed by atoms with E-state index >= 15 is 0 Å². The van der Waals surface area contributed by atoms with Crippen LogP contribution < -0.4 is 5.32 Å². The molecule has 1 saturated carbocycles. The van der Waals surface area contributed by atoms with Crippen LogP contribution in [0.5, 0.6) is 0 Å². The van der Waals surface area contributed by atoms with Crippen LogP contribution in [0.2, 0.25) is 0 Å². The predicted molar refractivity (Wildman–Crippen MR) is 69.8 cm³/mol. The van der Waals surface area contributed by atoms with Crippen LogP contribution in [0, 0.1) is 5.92 Å². The van der Waals surface area contributed by atoms with Crippen molar-refractivity contribution >= 4 is 0 Å². The maximum Gasteiger partial charge on any atom is 0.0808 e. The van der Waals surface area contributed by atoms with Crippen molar-refractivity contribution in [3.8, 4) is 0 Å². The molecular formula is C14H29NO. The highest BCUT2D eigenvalue weighted by Crippen LogP contribution is 2.34. The van der Waals surface area contributed by atoms with Gasteiger partial charge in [-0.3, -0.25) is 0 Å². The van der Waals surface area contributed by atoms with E-state index in [-0.39, 0.29) is 5.60 Å². The summed E-state index contributed by atoms with van der Waals surface area (Å²) in [7, 11) is 2.04. The molecule has 0 aromatic carbocycles. The van der Waals surface area contributed by atoms with E-state index in [4.69, 9.17) is 4.74 Å². The van der Waals surface area contributed by atoms with Crippen LogP contribution in [-0.2, 0) is 4.74 Å². The standard InChI is InChI=1S/C14H29NO/c1-4-5-6-10-16-14(12-15-3)9-7-8-13(2)11-14/h13,15H,4-12H2,1-3H3. The monoisotopic (exact) mass is 227 g/mol. The quantitative estimate of drug-likeness (QED) is 0.673. The second-order valence-electron chi connectivity index (χ2n) is 5.47. The summed E-state index contributed by atoms with van der Waals surface area (Å²) in [5, 5.41) is 3.31. The summed E-state index contributed by atoms with van der Waals surface area (Å²) in [6.07, 6.45) is 8.98. The first-order chi connectivity index (χ1) is 7.72. The Bertz CT molecular complexity index is 180. The molecule has 1 rings (SSSR count). The summed E-state index contributed by atoms with van der Waals surface area (Å²) in [5.74, 6) is 0.827. The van der Waals surface area contributed by atoms with E-state index in [0.29, 0.717) is 0 Å². The Kier molecular flexibility index (Phi) is 6.37. The third-order valence-electron chi connectivity index (χ3n) is 3.70. The molecule has 0 saturated heterocycles.